The van der Waals surface area contributed by atoms with E-state index in [4.69, 9.17) is 23.2 Å². The molecule has 1 aliphatic heterocycles. The fraction of sp³-hybridized carbons (Fsp3) is 0. The van der Waals surface area contributed by atoms with Crippen molar-refractivity contribution >= 4 is 60.3 Å². The first kappa shape index (κ1) is 15.5. The van der Waals surface area contributed by atoms with Gasteiger partial charge in [0.25, 0.3) is 14.8 Å². The third-order valence-electron chi connectivity index (χ3n) is 4.30. The van der Waals surface area contributed by atoms with Gasteiger partial charge in [0.1, 0.15) is 0 Å². The Bertz CT molecular complexity index is 781. The Morgan fingerprint density at radius 1 is 0.542 bits per heavy atom. The number of fused-ring (bicyclic) bond motifs is 1. The molecule has 1 heterocycles. The first-order chi connectivity index (χ1) is 11.7. The average molecular weight is 351 g/mol. The number of hydrazine groups is 1. The van der Waals surface area contributed by atoms with Crippen molar-refractivity contribution in [3.63, 3.8) is 0 Å². The van der Waals surface area contributed by atoms with Gasteiger partial charge in [-0.05, 0) is 48.5 Å². The molecule has 24 heavy (non-hydrogen) atoms. The number of benzene rings is 3. The molecule has 3 aromatic rings. The largest absolute Gasteiger partial charge is 0.341 e. The van der Waals surface area contributed by atoms with Gasteiger partial charge in [0.05, 0.1) is 0 Å². The van der Waals surface area contributed by atoms with Crippen molar-refractivity contribution in [2.45, 2.75) is 0 Å². The smallest absolute Gasteiger partial charge is 0.294 e. The molecular weight excluding hydrogens is 337 g/mol. The lowest BCUT2D eigenvalue weighted by molar-refractivity contribution is 1.12. The van der Waals surface area contributed by atoms with E-state index in [1.807, 2.05) is 24.3 Å². The second kappa shape index (κ2) is 6.46. The van der Waals surface area contributed by atoms with E-state index in [0.29, 0.717) is 0 Å². The first-order valence-electron chi connectivity index (χ1n) is 7.83. The fourth-order valence-electron chi connectivity index (χ4n) is 3.05. The van der Waals surface area contributed by atoms with Gasteiger partial charge in [-0.2, -0.15) is 0 Å². The molecule has 0 spiro atoms. The monoisotopic (exact) mass is 350 g/mol. The third-order valence-corrected chi connectivity index (χ3v) is 4.80. The summed E-state index contributed by atoms with van der Waals surface area (Å²) in [7, 11) is 1.64. The zero-order valence-corrected chi connectivity index (χ0v) is 14.5. The molecule has 0 atom stereocenters. The van der Waals surface area contributed by atoms with Gasteiger partial charge in [0, 0.05) is 21.4 Å². The van der Waals surface area contributed by atoms with Crippen molar-refractivity contribution in [3.8, 4) is 0 Å². The molecule has 0 fully saturated rings. The molecule has 0 aromatic heterocycles. The molecule has 6 heteroatoms. The molecule has 3 aromatic carbocycles. The van der Waals surface area contributed by atoms with Crippen LogP contribution in [0.1, 0.15) is 0 Å². The predicted octanol–water partition coefficient (Wildman–Crippen LogP) is 2.89. The van der Waals surface area contributed by atoms with E-state index >= 15 is 0 Å². The highest BCUT2D eigenvalue weighted by molar-refractivity contribution is 6.76. The predicted molar refractivity (Wildman–Crippen MR) is 108 cm³/mol. The second-order valence-electron chi connectivity index (χ2n) is 5.84. The average Bonchev–Trinajstić information content (AvgIpc) is 2.62. The molecule has 0 aliphatic carbocycles. The highest BCUT2D eigenvalue weighted by atomic mass is 35.5. The normalized spacial score (nSPS) is 13.1. The van der Waals surface area contributed by atoms with E-state index in [1.54, 1.807) is 0 Å². The summed E-state index contributed by atoms with van der Waals surface area (Å²) < 4.78 is 0. The Labute approximate surface area is 153 Å². The quantitative estimate of drug-likeness (QED) is 0.656. The number of hydrogen-bond acceptors (Lipinski definition) is 2. The Hall–Kier alpha value is -2.03. The maximum Gasteiger partial charge on any atom is 0.294 e. The molecular formula is C18H14B2Cl2N2. The highest BCUT2D eigenvalue weighted by Crippen LogP contribution is 2.25. The van der Waals surface area contributed by atoms with Crippen molar-refractivity contribution in [2.75, 3.05) is 9.84 Å². The van der Waals surface area contributed by atoms with Gasteiger partial charge in [0.15, 0.2) is 0 Å². The van der Waals surface area contributed by atoms with Gasteiger partial charge >= 0.3 is 0 Å². The van der Waals surface area contributed by atoms with Crippen molar-refractivity contribution in [3.05, 3.63) is 82.8 Å². The minimum atomic E-state index is 0.745. The second-order valence-corrected chi connectivity index (χ2v) is 6.71. The Balaban J connectivity index is 1.78. The SMILES string of the molecule is Clc1ccc(N2Bc3ccccc3BN2c2ccc(Cl)cc2)cc1. The molecule has 0 amide bonds. The Kier molecular flexibility index (Phi) is 4.17. The van der Waals surface area contributed by atoms with Crippen molar-refractivity contribution < 1.29 is 0 Å². The van der Waals surface area contributed by atoms with E-state index in [2.05, 4.69) is 58.4 Å². The van der Waals surface area contributed by atoms with Crippen LogP contribution in [0.5, 0.6) is 0 Å². The minimum absolute atomic E-state index is 0.745. The lowest BCUT2D eigenvalue weighted by Crippen LogP contribution is -2.63. The molecule has 4 rings (SSSR count). The summed E-state index contributed by atoms with van der Waals surface area (Å²) in [6, 6.07) is 24.5. The fourth-order valence-corrected chi connectivity index (χ4v) is 3.30. The van der Waals surface area contributed by atoms with Crippen LogP contribution in [0, 0.1) is 0 Å². The van der Waals surface area contributed by atoms with Crippen LogP contribution in [0.3, 0.4) is 0 Å². The van der Waals surface area contributed by atoms with E-state index in [1.165, 1.54) is 10.9 Å². The summed E-state index contributed by atoms with van der Waals surface area (Å²) in [6.07, 6.45) is 0. The third kappa shape index (κ3) is 3.00. The Morgan fingerprint density at radius 2 is 0.917 bits per heavy atom. The van der Waals surface area contributed by atoms with Crippen LogP contribution >= 0.6 is 23.2 Å². The van der Waals surface area contributed by atoms with Crippen LogP contribution in [0.2, 0.25) is 10.0 Å². The summed E-state index contributed by atoms with van der Waals surface area (Å²) in [6.45, 7) is 0. The topological polar surface area (TPSA) is 6.48 Å². The number of anilines is 2. The Morgan fingerprint density at radius 3 is 1.29 bits per heavy atom. The number of rotatable bonds is 2. The molecule has 0 saturated heterocycles. The van der Waals surface area contributed by atoms with Gasteiger partial charge in [-0.3, -0.25) is 0 Å². The molecule has 2 nitrogen and oxygen atoms in total. The van der Waals surface area contributed by atoms with Crippen LogP contribution in [-0.4, -0.2) is 14.8 Å². The van der Waals surface area contributed by atoms with Gasteiger partial charge in [0.2, 0.25) is 0 Å². The van der Waals surface area contributed by atoms with E-state index in [-0.39, 0.29) is 0 Å². The zero-order valence-electron chi connectivity index (χ0n) is 13.0. The van der Waals surface area contributed by atoms with Gasteiger partial charge in [-0.15, -0.1) is 0 Å². The van der Waals surface area contributed by atoms with Gasteiger partial charge in [-0.1, -0.05) is 58.4 Å². The van der Waals surface area contributed by atoms with E-state index in [9.17, 15) is 0 Å². The molecule has 116 valence electrons. The number of halogens is 2. The highest BCUT2D eigenvalue weighted by Gasteiger charge is 2.26. The van der Waals surface area contributed by atoms with Crippen LogP contribution in [0.15, 0.2) is 72.8 Å². The first-order valence-corrected chi connectivity index (χ1v) is 8.59. The summed E-state index contributed by atoms with van der Waals surface area (Å²) >= 11 is 12.1. The summed E-state index contributed by atoms with van der Waals surface area (Å²) in [5.41, 5.74) is 4.92. The van der Waals surface area contributed by atoms with E-state index in [0.717, 1.165) is 36.2 Å². The number of nitrogens with zero attached hydrogens (tertiary/aromatic N) is 2. The molecule has 0 radical (unpaired) electrons. The van der Waals surface area contributed by atoms with Crippen molar-refractivity contribution in [1.29, 1.82) is 0 Å². The van der Waals surface area contributed by atoms with Crippen LogP contribution in [-0.2, 0) is 0 Å². The molecule has 0 unspecified atom stereocenters. The van der Waals surface area contributed by atoms with Gasteiger partial charge in [-0.25, -0.2) is 0 Å². The minimum Gasteiger partial charge on any atom is -0.341 e. The molecule has 0 saturated carbocycles. The molecule has 1 aliphatic rings. The summed E-state index contributed by atoms with van der Waals surface area (Å²) in [5, 5.41) is 1.49. The lowest BCUT2D eigenvalue weighted by Gasteiger charge is -2.42. The van der Waals surface area contributed by atoms with Crippen molar-refractivity contribution in [1.82, 2.24) is 0 Å². The van der Waals surface area contributed by atoms with E-state index < -0.39 is 0 Å². The van der Waals surface area contributed by atoms with Crippen LogP contribution < -0.4 is 20.8 Å². The molecule has 0 N–H and O–H groups in total. The molecule has 0 bridgehead atoms. The van der Waals surface area contributed by atoms with Crippen LogP contribution in [0.25, 0.3) is 0 Å². The van der Waals surface area contributed by atoms with Crippen LogP contribution in [0.4, 0.5) is 11.4 Å². The summed E-state index contributed by atoms with van der Waals surface area (Å²) in [5.74, 6) is 0. The zero-order chi connectivity index (χ0) is 16.5. The standard InChI is InChI=1S/C18H14B2Cl2N2/c21-13-5-9-15(10-6-13)23-19-17-3-1-2-4-18(17)20-24(23)16-11-7-14(22)8-12-16/h1-12,19-20H. The summed E-state index contributed by atoms with van der Waals surface area (Å²) in [4.78, 5) is 4.56. The maximum absolute atomic E-state index is 6.06. The lowest BCUT2D eigenvalue weighted by atomic mass is 9.63. The van der Waals surface area contributed by atoms with Gasteiger partial charge < -0.3 is 9.84 Å². The number of hydrogen-bond donors (Lipinski definition) is 0. The maximum atomic E-state index is 6.06. The van der Waals surface area contributed by atoms with Crippen molar-refractivity contribution in [2.24, 2.45) is 0 Å².